The van der Waals surface area contributed by atoms with Crippen LogP contribution in [-0.2, 0) is 0 Å². The van der Waals surface area contributed by atoms with E-state index in [2.05, 4.69) is 25.9 Å². The number of aromatic nitrogens is 2. The highest BCUT2D eigenvalue weighted by Crippen LogP contribution is 2.26. The first-order valence-corrected chi connectivity index (χ1v) is 7.17. The molecule has 0 aliphatic heterocycles. The fourth-order valence-electron chi connectivity index (χ4n) is 2.01. The molecule has 1 aromatic carbocycles. The molecule has 0 bridgehead atoms. The minimum absolute atomic E-state index is 0.152. The molecule has 4 N–H and O–H groups in total. The fraction of sp³-hybridized carbons (Fsp3) is 0.286. The molecule has 1 heterocycles. The highest BCUT2D eigenvalue weighted by atomic mass is 79.9. The van der Waals surface area contributed by atoms with Crippen molar-refractivity contribution in [2.24, 2.45) is 5.73 Å². The number of hydrogen-bond acceptors (Lipinski definition) is 4. The Kier molecular flexibility index (Phi) is 4.57. The normalized spacial score (nSPS) is 12.3. The second-order valence-corrected chi connectivity index (χ2v) is 5.47. The average Bonchev–Trinajstić information content (AvgIpc) is 2.38. The Morgan fingerprint density at radius 3 is 2.85 bits per heavy atom. The largest absolute Gasteiger partial charge is 0.493 e. The zero-order chi connectivity index (χ0) is 14.7. The lowest BCUT2D eigenvalue weighted by atomic mass is 10.1. The van der Waals surface area contributed by atoms with Crippen molar-refractivity contribution in [3.8, 4) is 17.0 Å². The van der Waals surface area contributed by atoms with Gasteiger partial charge in [-0.05, 0) is 24.1 Å². The Morgan fingerprint density at radius 1 is 1.50 bits per heavy atom. The SMILES string of the molecule is CCCC(N)c1nc(O)c(-c2cccc(Br)c2)c(=O)[nH]1. The predicted molar refractivity (Wildman–Crippen MR) is 81.5 cm³/mol. The Morgan fingerprint density at radius 2 is 2.25 bits per heavy atom. The second kappa shape index (κ2) is 6.19. The monoisotopic (exact) mass is 337 g/mol. The molecule has 20 heavy (non-hydrogen) atoms. The van der Waals surface area contributed by atoms with Crippen LogP contribution in [0.5, 0.6) is 5.88 Å². The van der Waals surface area contributed by atoms with E-state index < -0.39 is 5.56 Å². The van der Waals surface area contributed by atoms with E-state index in [1.54, 1.807) is 18.2 Å². The van der Waals surface area contributed by atoms with Gasteiger partial charge in [-0.3, -0.25) is 4.79 Å². The van der Waals surface area contributed by atoms with Crippen LogP contribution in [0.2, 0.25) is 0 Å². The van der Waals surface area contributed by atoms with Gasteiger partial charge in [0.25, 0.3) is 5.56 Å². The van der Waals surface area contributed by atoms with Crippen molar-refractivity contribution in [1.82, 2.24) is 9.97 Å². The van der Waals surface area contributed by atoms with Crippen LogP contribution in [0, 0.1) is 0 Å². The van der Waals surface area contributed by atoms with Crippen LogP contribution < -0.4 is 11.3 Å². The van der Waals surface area contributed by atoms with Crippen LogP contribution in [0.15, 0.2) is 33.5 Å². The van der Waals surface area contributed by atoms with Crippen molar-refractivity contribution in [1.29, 1.82) is 0 Å². The molecule has 0 saturated heterocycles. The number of nitrogens with one attached hydrogen (secondary N) is 1. The highest BCUT2D eigenvalue weighted by Gasteiger charge is 2.16. The summed E-state index contributed by atoms with van der Waals surface area (Å²) in [5.41, 5.74) is 6.26. The molecule has 1 atom stereocenters. The van der Waals surface area contributed by atoms with Crippen molar-refractivity contribution in [3.05, 3.63) is 44.9 Å². The number of aromatic amines is 1. The Balaban J connectivity index is 2.49. The van der Waals surface area contributed by atoms with E-state index in [9.17, 15) is 9.90 Å². The van der Waals surface area contributed by atoms with Gasteiger partial charge in [-0.2, -0.15) is 4.98 Å². The minimum Gasteiger partial charge on any atom is -0.493 e. The van der Waals surface area contributed by atoms with Crippen molar-refractivity contribution in [2.75, 3.05) is 0 Å². The van der Waals surface area contributed by atoms with Crippen molar-refractivity contribution >= 4 is 15.9 Å². The summed E-state index contributed by atoms with van der Waals surface area (Å²) in [5.74, 6) is 0.0153. The zero-order valence-corrected chi connectivity index (χ0v) is 12.6. The summed E-state index contributed by atoms with van der Waals surface area (Å²) < 4.78 is 0.820. The minimum atomic E-state index is -0.392. The molecule has 0 saturated carbocycles. The van der Waals surface area contributed by atoms with Crippen molar-refractivity contribution in [3.63, 3.8) is 0 Å². The zero-order valence-electron chi connectivity index (χ0n) is 11.1. The first-order valence-electron chi connectivity index (χ1n) is 6.37. The number of rotatable bonds is 4. The number of aromatic hydroxyl groups is 1. The van der Waals surface area contributed by atoms with E-state index in [0.29, 0.717) is 17.8 Å². The molecular weight excluding hydrogens is 322 g/mol. The molecule has 2 aromatic rings. The van der Waals surface area contributed by atoms with Gasteiger partial charge in [-0.15, -0.1) is 0 Å². The van der Waals surface area contributed by atoms with E-state index in [1.165, 1.54) is 0 Å². The summed E-state index contributed by atoms with van der Waals surface area (Å²) in [6.45, 7) is 1.99. The van der Waals surface area contributed by atoms with Gasteiger partial charge < -0.3 is 15.8 Å². The summed E-state index contributed by atoms with van der Waals surface area (Å²) in [6.07, 6.45) is 1.57. The quantitative estimate of drug-likeness (QED) is 0.799. The van der Waals surface area contributed by atoms with E-state index in [4.69, 9.17) is 5.73 Å². The van der Waals surface area contributed by atoms with Crippen LogP contribution in [0.3, 0.4) is 0 Å². The van der Waals surface area contributed by atoms with E-state index >= 15 is 0 Å². The number of hydrogen-bond donors (Lipinski definition) is 3. The number of nitrogens with zero attached hydrogens (tertiary/aromatic N) is 1. The Labute approximate surface area is 125 Å². The third-order valence-electron chi connectivity index (χ3n) is 2.98. The molecule has 0 aliphatic rings. The Hall–Kier alpha value is -1.66. The lowest BCUT2D eigenvalue weighted by molar-refractivity contribution is 0.444. The lowest BCUT2D eigenvalue weighted by Gasteiger charge is -2.11. The molecule has 1 unspecified atom stereocenters. The van der Waals surface area contributed by atoms with Crippen LogP contribution in [0.1, 0.15) is 31.6 Å². The van der Waals surface area contributed by atoms with Gasteiger partial charge in [-0.25, -0.2) is 0 Å². The molecule has 106 valence electrons. The van der Waals surface area contributed by atoms with Crippen molar-refractivity contribution in [2.45, 2.75) is 25.8 Å². The summed E-state index contributed by atoms with van der Waals surface area (Å²) in [7, 11) is 0. The number of halogens is 1. The lowest BCUT2D eigenvalue weighted by Crippen LogP contribution is -2.20. The predicted octanol–water partition coefficient (Wildman–Crippen LogP) is 2.70. The smallest absolute Gasteiger partial charge is 0.262 e. The maximum Gasteiger partial charge on any atom is 0.262 e. The molecule has 6 heteroatoms. The number of H-pyrrole nitrogens is 1. The summed E-state index contributed by atoms with van der Waals surface area (Å²) in [5, 5.41) is 10.0. The van der Waals surface area contributed by atoms with Gasteiger partial charge in [0.15, 0.2) is 0 Å². The second-order valence-electron chi connectivity index (χ2n) is 4.56. The maximum absolute atomic E-state index is 12.2. The molecule has 1 aromatic heterocycles. The van der Waals surface area contributed by atoms with Gasteiger partial charge in [0.2, 0.25) is 5.88 Å². The molecule has 0 fully saturated rings. The summed E-state index contributed by atoms with van der Waals surface area (Å²) >= 11 is 3.33. The Bertz CT molecular complexity index is 670. The average molecular weight is 338 g/mol. The third-order valence-corrected chi connectivity index (χ3v) is 3.48. The maximum atomic E-state index is 12.2. The third kappa shape index (κ3) is 3.08. The first-order chi connectivity index (χ1) is 9.52. The van der Waals surface area contributed by atoms with Gasteiger partial charge >= 0.3 is 0 Å². The molecule has 2 rings (SSSR count). The fourth-order valence-corrected chi connectivity index (χ4v) is 2.41. The molecule has 0 aliphatic carbocycles. The molecule has 0 amide bonds. The van der Waals surface area contributed by atoms with Crippen LogP contribution in [0.25, 0.3) is 11.1 Å². The number of benzene rings is 1. The van der Waals surface area contributed by atoms with Crippen LogP contribution >= 0.6 is 15.9 Å². The summed E-state index contributed by atoms with van der Waals surface area (Å²) in [6, 6.07) is 6.73. The van der Waals surface area contributed by atoms with Gasteiger partial charge in [0.1, 0.15) is 11.4 Å². The van der Waals surface area contributed by atoms with Gasteiger partial charge in [-0.1, -0.05) is 41.4 Å². The molecule has 0 radical (unpaired) electrons. The van der Waals surface area contributed by atoms with E-state index in [1.807, 2.05) is 13.0 Å². The first kappa shape index (κ1) is 14.7. The topological polar surface area (TPSA) is 92.0 Å². The van der Waals surface area contributed by atoms with E-state index in [0.717, 1.165) is 10.9 Å². The van der Waals surface area contributed by atoms with Crippen LogP contribution in [-0.4, -0.2) is 15.1 Å². The molecule has 5 nitrogen and oxygen atoms in total. The standard InChI is InChI=1S/C14H16BrN3O2/c1-2-4-10(16)12-17-13(19)11(14(20)18-12)8-5-3-6-9(15)7-8/h3,5-7,10H,2,4,16H2,1H3,(H2,17,18,19,20). The van der Waals surface area contributed by atoms with E-state index in [-0.39, 0.29) is 17.5 Å². The highest BCUT2D eigenvalue weighted by molar-refractivity contribution is 9.10. The van der Waals surface area contributed by atoms with Crippen LogP contribution in [0.4, 0.5) is 0 Å². The van der Waals surface area contributed by atoms with Gasteiger partial charge in [0.05, 0.1) is 6.04 Å². The number of nitrogens with two attached hydrogens (primary N) is 1. The molecular formula is C14H16BrN3O2. The summed E-state index contributed by atoms with van der Waals surface area (Å²) in [4.78, 5) is 18.8. The van der Waals surface area contributed by atoms with Crippen molar-refractivity contribution < 1.29 is 5.11 Å². The molecule has 0 spiro atoms. The van der Waals surface area contributed by atoms with Gasteiger partial charge in [0, 0.05) is 4.47 Å².